The lowest BCUT2D eigenvalue weighted by Crippen LogP contribution is -2.26. The van der Waals surface area contributed by atoms with Crippen molar-refractivity contribution in [2.45, 2.75) is 52.4 Å². The third kappa shape index (κ3) is 7.40. The van der Waals surface area contributed by atoms with Gasteiger partial charge in [-0.1, -0.05) is 50.8 Å². The number of halogens is 1. The van der Waals surface area contributed by atoms with Gasteiger partial charge in [-0.2, -0.15) is 5.10 Å². The van der Waals surface area contributed by atoms with Crippen LogP contribution in [-0.2, 0) is 17.1 Å². The molecule has 7 nitrogen and oxygen atoms in total. The van der Waals surface area contributed by atoms with Crippen LogP contribution in [0.3, 0.4) is 0 Å². The molecule has 170 valence electrons. The lowest BCUT2D eigenvalue weighted by molar-refractivity contribution is 0.400. The lowest BCUT2D eigenvalue weighted by Gasteiger charge is -2.13. The summed E-state index contributed by atoms with van der Waals surface area (Å²) in [5.41, 5.74) is 0.644. The van der Waals surface area contributed by atoms with E-state index in [1.165, 1.54) is 18.2 Å². The third-order valence-electron chi connectivity index (χ3n) is 4.87. The lowest BCUT2D eigenvalue weighted by atomic mass is 9.99. The van der Waals surface area contributed by atoms with Crippen LogP contribution in [0.5, 0.6) is 0 Å². The molecular weight excluding hydrogens is 436 g/mol. The summed E-state index contributed by atoms with van der Waals surface area (Å²) in [5, 5.41) is 18.5. The van der Waals surface area contributed by atoms with Crippen molar-refractivity contribution in [3.05, 3.63) is 57.7 Å². The zero-order valence-corrected chi connectivity index (χ0v) is 19.8. The van der Waals surface area contributed by atoms with Gasteiger partial charge in [0.05, 0.1) is 21.4 Å². The monoisotopic (exact) mass is 466 g/mol. The molecule has 2 N–H and O–H groups in total. The summed E-state index contributed by atoms with van der Waals surface area (Å²) in [6.07, 6.45) is 13.2. The van der Waals surface area contributed by atoms with Gasteiger partial charge >= 0.3 is 0 Å². The van der Waals surface area contributed by atoms with Gasteiger partial charge in [0, 0.05) is 25.9 Å². The minimum absolute atomic E-state index is 0.0444. The molecule has 9 heteroatoms. The van der Waals surface area contributed by atoms with Gasteiger partial charge in [0.25, 0.3) is 10.0 Å². The van der Waals surface area contributed by atoms with Gasteiger partial charge in [-0.05, 0) is 43.0 Å². The van der Waals surface area contributed by atoms with Crippen LogP contribution >= 0.6 is 11.6 Å². The van der Waals surface area contributed by atoms with E-state index in [4.69, 9.17) is 11.6 Å². The van der Waals surface area contributed by atoms with E-state index >= 15 is 0 Å². The standard InChI is InChI=1S/C22H31ClN4O3S/c1-4-6-10-17(9-5-2)16-24-25-22-20(13-8-14-27(22)3)26-31(29,30)21-15-18(28)11-7-12-19(21)23/h7-8,11-14,16-17,26,28H,4-6,9-10,15H2,1-3H3/b24-16+,25-22-. The number of hydrogen-bond donors (Lipinski definition) is 2. The van der Waals surface area contributed by atoms with E-state index in [0.717, 1.165) is 32.1 Å². The molecule has 0 aromatic carbocycles. The summed E-state index contributed by atoms with van der Waals surface area (Å²) in [6, 6.07) is 3.32. The van der Waals surface area contributed by atoms with Crippen molar-refractivity contribution in [1.29, 1.82) is 0 Å². The molecule has 1 aromatic rings. The molecule has 0 bridgehead atoms. The molecule has 0 saturated heterocycles. The van der Waals surface area contributed by atoms with Crippen molar-refractivity contribution in [2.75, 3.05) is 4.72 Å². The number of aryl methyl sites for hydroxylation is 1. The van der Waals surface area contributed by atoms with Crippen LogP contribution in [0.1, 0.15) is 52.4 Å². The molecule has 1 atom stereocenters. The highest BCUT2D eigenvalue weighted by atomic mass is 35.5. The first-order chi connectivity index (χ1) is 14.8. The van der Waals surface area contributed by atoms with Crippen LogP contribution < -0.4 is 10.2 Å². The molecule has 0 radical (unpaired) electrons. The van der Waals surface area contributed by atoms with Gasteiger partial charge in [-0.3, -0.25) is 4.72 Å². The molecule has 1 aromatic heterocycles. The first kappa shape index (κ1) is 24.9. The van der Waals surface area contributed by atoms with Gasteiger partial charge in [-0.25, -0.2) is 8.42 Å². The number of sulfonamides is 1. The zero-order valence-electron chi connectivity index (χ0n) is 18.3. The fraction of sp³-hybridized carbons (Fsp3) is 0.455. The van der Waals surface area contributed by atoms with Crippen LogP contribution in [0.4, 0.5) is 5.69 Å². The Kier molecular flexibility index (Phi) is 9.58. The van der Waals surface area contributed by atoms with Crippen molar-refractivity contribution < 1.29 is 13.5 Å². The Morgan fingerprint density at radius 1 is 1.32 bits per heavy atom. The first-order valence-electron chi connectivity index (χ1n) is 10.5. The molecule has 1 unspecified atom stereocenters. The Bertz CT molecular complexity index is 1050. The van der Waals surface area contributed by atoms with Crippen LogP contribution in [0.25, 0.3) is 0 Å². The highest BCUT2D eigenvalue weighted by Crippen LogP contribution is 2.27. The van der Waals surface area contributed by atoms with Gasteiger partial charge < -0.3 is 9.67 Å². The highest BCUT2D eigenvalue weighted by molar-refractivity contribution is 7.96. The highest BCUT2D eigenvalue weighted by Gasteiger charge is 2.24. The minimum atomic E-state index is -4.02. The van der Waals surface area contributed by atoms with E-state index in [-0.39, 0.29) is 27.8 Å². The smallest absolute Gasteiger partial charge is 0.260 e. The van der Waals surface area contributed by atoms with Gasteiger partial charge in [-0.15, -0.1) is 5.10 Å². The molecule has 31 heavy (non-hydrogen) atoms. The number of aliphatic hydroxyl groups is 1. The van der Waals surface area contributed by atoms with Crippen molar-refractivity contribution >= 4 is 33.5 Å². The summed E-state index contributed by atoms with van der Waals surface area (Å²) in [7, 11) is -2.26. The Labute approximate surface area is 189 Å². The number of aromatic nitrogens is 1. The molecule has 0 aliphatic heterocycles. The summed E-state index contributed by atoms with van der Waals surface area (Å²) in [4.78, 5) is -0.111. The molecule has 1 aliphatic carbocycles. The Morgan fingerprint density at radius 3 is 2.81 bits per heavy atom. The summed E-state index contributed by atoms with van der Waals surface area (Å²) in [6.45, 7) is 4.30. The topological polar surface area (TPSA) is 96.1 Å². The maximum absolute atomic E-state index is 13.0. The first-order valence-corrected chi connectivity index (χ1v) is 12.3. The Balaban J connectivity index is 2.36. The number of nitrogens with zero attached hydrogens (tertiary/aromatic N) is 3. The SMILES string of the molecule is CCCCC(/C=N/N=c1/c(NS(=O)(=O)C2=C(Cl)C=CC=C(O)C2)cccn1C)CCC. The van der Waals surface area contributed by atoms with Crippen molar-refractivity contribution in [3.63, 3.8) is 0 Å². The fourth-order valence-electron chi connectivity index (χ4n) is 3.19. The maximum atomic E-state index is 13.0. The number of nitrogens with one attached hydrogen (secondary N) is 1. The molecule has 0 saturated carbocycles. The zero-order chi connectivity index (χ0) is 22.9. The molecule has 1 heterocycles. The second-order valence-corrected chi connectivity index (χ2v) is 9.59. The molecule has 2 rings (SSSR count). The van der Waals surface area contributed by atoms with E-state index in [0.29, 0.717) is 11.4 Å². The van der Waals surface area contributed by atoms with E-state index < -0.39 is 10.0 Å². The van der Waals surface area contributed by atoms with E-state index in [1.807, 2.05) is 6.21 Å². The average Bonchev–Trinajstić information content (AvgIpc) is 2.88. The van der Waals surface area contributed by atoms with Gasteiger partial charge in [0.2, 0.25) is 0 Å². The molecule has 0 amide bonds. The second kappa shape index (κ2) is 11.9. The van der Waals surface area contributed by atoms with E-state index in [1.54, 1.807) is 29.9 Å². The number of allylic oxidation sites excluding steroid dienone is 5. The molecule has 1 aliphatic rings. The largest absolute Gasteiger partial charge is 0.512 e. The van der Waals surface area contributed by atoms with Crippen LogP contribution in [0.2, 0.25) is 0 Å². The summed E-state index contributed by atoms with van der Waals surface area (Å²) < 4.78 is 30.2. The normalized spacial score (nSPS) is 16.5. The predicted octanol–water partition coefficient (Wildman–Crippen LogP) is 5.11. The van der Waals surface area contributed by atoms with Crippen LogP contribution in [-0.4, -0.2) is 24.3 Å². The number of anilines is 1. The van der Waals surface area contributed by atoms with E-state index in [9.17, 15) is 13.5 Å². The number of aliphatic hydroxyl groups excluding tert-OH is 1. The van der Waals surface area contributed by atoms with Crippen molar-refractivity contribution in [2.24, 2.45) is 23.2 Å². The van der Waals surface area contributed by atoms with Crippen molar-refractivity contribution in [3.8, 4) is 0 Å². The number of hydrogen-bond acceptors (Lipinski definition) is 5. The van der Waals surface area contributed by atoms with Gasteiger partial charge in [0.15, 0.2) is 5.49 Å². The van der Waals surface area contributed by atoms with Crippen LogP contribution in [0, 0.1) is 5.92 Å². The van der Waals surface area contributed by atoms with Crippen LogP contribution in [0.15, 0.2) is 62.5 Å². The van der Waals surface area contributed by atoms with Gasteiger partial charge in [0.1, 0.15) is 0 Å². The third-order valence-corrected chi connectivity index (χ3v) is 6.84. The quantitative estimate of drug-likeness (QED) is 0.370. The summed E-state index contributed by atoms with van der Waals surface area (Å²) in [5.74, 6) is 0.258. The second-order valence-electron chi connectivity index (χ2n) is 7.48. The maximum Gasteiger partial charge on any atom is 0.260 e. The Morgan fingerprint density at radius 2 is 2.10 bits per heavy atom. The average molecular weight is 467 g/mol. The Hall–Kier alpha value is -2.32. The molecule has 0 spiro atoms. The molecular formula is C22H31ClN4O3S. The number of rotatable bonds is 10. The van der Waals surface area contributed by atoms with Crippen molar-refractivity contribution in [1.82, 2.24) is 4.57 Å². The molecule has 0 fully saturated rings. The predicted molar refractivity (Wildman–Crippen MR) is 127 cm³/mol. The fourth-order valence-corrected chi connectivity index (χ4v) is 4.87. The summed E-state index contributed by atoms with van der Waals surface area (Å²) >= 11 is 6.14. The number of unbranched alkanes of at least 4 members (excludes halogenated alkanes) is 1. The number of pyridine rings is 1. The minimum Gasteiger partial charge on any atom is -0.512 e. The van der Waals surface area contributed by atoms with E-state index in [2.05, 4.69) is 28.8 Å².